The molecule has 1 aliphatic carbocycles. The van der Waals surface area contributed by atoms with Crippen LogP contribution < -0.4 is 5.32 Å². The van der Waals surface area contributed by atoms with Crippen molar-refractivity contribution in [3.05, 3.63) is 0 Å². The van der Waals surface area contributed by atoms with E-state index in [0.29, 0.717) is 0 Å². The number of piperidine rings is 1. The fraction of sp³-hybridized carbons (Fsp3) is 1.00. The molecule has 2 heteroatoms. The Hall–Kier alpha value is -0.0800. The second-order valence-corrected chi connectivity index (χ2v) is 5.38. The molecule has 1 spiro atoms. The molecule has 2 nitrogen and oxygen atoms in total. The summed E-state index contributed by atoms with van der Waals surface area (Å²) >= 11 is 0. The van der Waals surface area contributed by atoms with Crippen LogP contribution in [0.2, 0.25) is 0 Å². The van der Waals surface area contributed by atoms with Gasteiger partial charge in [0.2, 0.25) is 0 Å². The average molecular weight is 196 g/mol. The Morgan fingerprint density at radius 2 is 1.93 bits per heavy atom. The van der Waals surface area contributed by atoms with Gasteiger partial charge in [-0.1, -0.05) is 6.92 Å². The predicted octanol–water partition coefficient (Wildman–Crippen LogP) is 1.72. The number of rotatable bonds is 3. The van der Waals surface area contributed by atoms with Crippen LogP contribution in [0.1, 0.15) is 32.6 Å². The molecule has 14 heavy (non-hydrogen) atoms. The van der Waals surface area contributed by atoms with Crippen molar-refractivity contribution < 1.29 is 0 Å². The van der Waals surface area contributed by atoms with Gasteiger partial charge in [0.05, 0.1) is 0 Å². The minimum absolute atomic E-state index is 0.768. The lowest BCUT2D eigenvalue weighted by molar-refractivity contribution is 0.00713. The largest absolute Gasteiger partial charge is 0.317 e. The topological polar surface area (TPSA) is 15.3 Å². The summed E-state index contributed by atoms with van der Waals surface area (Å²) in [6, 6.07) is 0. The minimum Gasteiger partial charge on any atom is -0.317 e. The molecule has 1 saturated carbocycles. The summed E-state index contributed by atoms with van der Waals surface area (Å²) < 4.78 is 0. The van der Waals surface area contributed by atoms with Gasteiger partial charge in [0.25, 0.3) is 0 Å². The van der Waals surface area contributed by atoms with E-state index in [-0.39, 0.29) is 0 Å². The maximum atomic E-state index is 3.46. The van der Waals surface area contributed by atoms with Gasteiger partial charge in [0, 0.05) is 6.54 Å². The van der Waals surface area contributed by atoms with Crippen LogP contribution >= 0.6 is 0 Å². The fourth-order valence-corrected chi connectivity index (χ4v) is 3.23. The highest BCUT2D eigenvalue weighted by Crippen LogP contribution is 2.51. The van der Waals surface area contributed by atoms with Gasteiger partial charge in [-0.3, -0.25) is 0 Å². The third-order valence-corrected chi connectivity index (χ3v) is 4.22. The van der Waals surface area contributed by atoms with E-state index in [9.17, 15) is 0 Å². The SMILES string of the molecule is CCN(C)CC1CC2(CCNCC2)C1. The van der Waals surface area contributed by atoms with Crippen LogP contribution in [-0.2, 0) is 0 Å². The Morgan fingerprint density at radius 1 is 1.29 bits per heavy atom. The molecule has 0 aromatic rings. The van der Waals surface area contributed by atoms with E-state index in [0.717, 1.165) is 11.3 Å². The molecule has 0 aromatic heterocycles. The van der Waals surface area contributed by atoms with E-state index in [4.69, 9.17) is 0 Å². The van der Waals surface area contributed by atoms with E-state index in [1.165, 1.54) is 51.9 Å². The Kier molecular flexibility index (Phi) is 3.13. The summed E-state index contributed by atoms with van der Waals surface area (Å²) in [5, 5.41) is 3.46. The van der Waals surface area contributed by atoms with Crippen LogP contribution in [-0.4, -0.2) is 38.1 Å². The molecule has 0 amide bonds. The van der Waals surface area contributed by atoms with Gasteiger partial charge in [-0.15, -0.1) is 0 Å². The van der Waals surface area contributed by atoms with Crippen molar-refractivity contribution in [1.29, 1.82) is 0 Å². The summed E-state index contributed by atoms with van der Waals surface area (Å²) in [6.45, 7) is 7.29. The molecule has 0 aromatic carbocycles. The highest BCUT2D eigenvalue weighted by molar-refractivity contribution is 4.96. The Balaban J connectivity index is 1.72. The average Bonchev–Trinajstić information content (AvgIpc) is 2.17. The standard InChI is InChI=1S/C12H24N2/c1-3-14(2)10-11-8-12(9-11)4-6-13-7-5-12/h11,13H,3-10H2,1-2H3. The first-order valence-corrected chi connectivity index (χ1v) is 6.13. The van der Waals surface area contributed by atoms with Crippen molar-refractivity contribution in [3.63, 3.8) is 0 Å². The Bertz CT molecular complexity index is 177. The van der Waals surface area contributed by atoms with Crippen LogP contribution in [0, 0.1) is 11.3 Å². The number of nitrogens with one attached hydrogen (secondary N) is 1. The molecule has 2 fully saturated rings. The van der Waals surface area contributed by atoms with E-state index in [1.54, 1.807) is 0 Å². The molecule has 2 rings (SSSR count). The molecule has 1 aliphatic heterocycles. The van der Waals surface area contributed by atoms with Gasteiger partial charge < -0.3 is 10.2 Å². The van der Waals surface area contributed by atoms with Crippen LogP contribution in [0.15, 0.2) is 0 Å². The number of nitrogens with zero attached hydrogens (tertiary/aromatic N) is 1. The molecule has 1 heterocycles. The lowest BCUT2D eigenvalue weighted by Gasteiger charge is -2.51. The van der Waals surface area contributed by atoms with Crippen LogP contribution in [0.5, 0.6) is 0 Å². The summed E-state index contributed by atoms with van der Waals surface area (Å²) in [4.78, 5) is 2.46. The lowest BCUT2D eigenvalue weighted by Crippen LogP contribution is -2.48. The van der Waals surface area contributed by atoms with Gasteiger partial charge in [0.1, 0.15) is 0 Å². The highest BCUT2D eigenvalue weighted by Gasteiger charge is 2.44. The maximum Gasteiger partial charge on any atom is 0.000690 e. The smallest absolute Gasteiger partial charge is 0.000690 e. The van der Waals surface area contributed by atoms with Crippen LogP contribution in [0.3, 0.4) is 0 Å². The van der Waals surface area contributed by atoms with Gasteiger partial charge in [-0.2, -0.15) is 0 Å². The molecule has 0 radical (unpaired) electrons. The Morgan fingerprint density at radius 3 is 2.50 bits per heavy atom. The second kappa shape index (κ2) is 4.19. The first-order chi connectivity index (χ1) is 6.74. The van der Waals surface area contributed by atoms with E-state index >= 15 is 0 Å². The molecule has 1 saturated heterocycles. The number of hydrogen-bond acceptors (Lipinski definition) is 2. The zero-order valence-electron chi connectivity index (χ0n) is 9.68. The molecule has 0 unspecified atom stereocenters. The summed E-state index contributed by atoms with van der Waals surface area (Å²) in [7, 11) is 2.24. The van der Waals surface area contributed by atoms with Gasteiger partial charge in [-0.25, -0.2) is 0 Å². The molecule has 82 valence electrons. The maximum absolute atomic E-state index is 3.46. The predicted molar refractivity (Wildman–Crippen MR) is 60.4 cm³/mol. The van der Waals surface area contributed by atoms with Crippen molar-refractivity contribution in [2.75, 3.05) is 33.2 Å². The van der Waals surface area contributed by atoms with Crippen molar-refractivity contribution in [2.45, 2.75) is 32.6 Å². The molecule has 0 bridgehead atoms. The third-order valence-electron chi connectivity index (χ3n) is 4.22. The van der Waals surface area contributed by atoms with Gasteiger partial charge in [-0.05, 0) is 63.7 Å². The molecule has 2 aliphatic rings. The monoisotopic (exact) mass is 196 g/mol. The first kappa shape index (κ1) is 10.4. The zero-order valence-corrected chi connectivity index (χ0v) is 9.68. The van der Waals surface area contributed by atoms with Crippen LogP contribution in [0.4, 0.5) is 0 Å². The first-order valence-electron chi connectivity index (χ1n) is 6.13. The summed E-state index contributed by atoms with van der Waals surface area (Å²) in [5.41, 5.74) is 0.768. The molecule has 0 atom stereocenters. The third kappa shape index (κ3) is 2.12. The second-order valence-electron chi connectivity index (χ2n) is 5.38. The lowest BCUT2D eigenvalue weighted by atomic mass is 9.57. The fourth-order valence-electron chi connectivity index (χ4n) is 3.23. The van der Waals surface area contributed by atoms with Gasteiger partial charge in [0.15, 0.2) is 0 Å². The quantitative estimate of drug-likeness (QED) is 0.739. The molecular formula is C12H24N2. The van der Waals surface area contributed by atoms with Crippen molar-refractivity contribution >= 4 is 0 Å². The number of hydrogen-bond donors (Lipinski definition) is 1. The Labute approximate surface area is 88.1 Å². The summed E-state index contributed by atoms with van der Waals surface area (Å²) in [6.07, 6.45) is 5.86. The molecule has 1 N–H and O–H groups in total. The van der Waals surface area contributed by atoms with Crippen LogP contribution in [0.25, 0.3) is 0 Å². The van der Waals surface area contributed by atoms with E-state index in [2.05, 4.69) is 24.2 Å². The zero-order chi connectivity index (χ0) is 10.0. The van der Waals surface area contributed by atoms with Crippen molar-refractivity contribution in [1.82, 2.24) is 10.2 Å². The normalized spacial score (nSPS) is 26.8. The van der Waals surface area contributed by atoms with E-state index < -0.39 is 0 Å². The van der Waals surface area contributed by atoms with Gasteiger partial charge >= 0.3 is 0 Å². The highest BCUT2D eigenvalue weighted by atomic mass is 15.1. The van der Waals surface area contributed by atoms with Crippen molar-refractivity contribution in [2.24, 2.45) is 11.3 Å². The molecular weight excluding hydrogens is 172 g/mol. The summed E-state index contributed by atoms with van der Waals surface area (Å²) in [5.74, 6) is 0.998. The van der Waals surface area contributed by atoms with Crippen molar-refractivity contribution in [3.8, 4) is 0 Å². The minimum atomic E-state index is 0.768. The van der Waals surface area contributed by atoms with E-state index in [1.807, 2.05) is 0 Å².